The van der Waals surface area contributed by atoms with Crippen LogP contribution in [0, 0.1) is 0 Å². The minimum absolute atomic E-state index is 0. The van der Waals surface area contributed by atoms with Gasteiger partial charge < -0.3 is 9.59 Å². The first kappa shape index (κ1) is 15.7. The third-order valence-electron chi connectivity index (χ3n) is 0. The van der Waals surface area contributed by atoms with E-state index in [1.54, 1.807) is 0 Å². The van der Waals surface area contributed by atoms with Gasteiger partial charge in [-0.05, 0) is 0 Å². The average molecular weight is 259 g/mol. The van der Waals surface area contributed by atoms with E-state index >= 15 is 0 Å². The first-order chi connectivity index (χ1) is 1.73. The molecule has 0 spiro atoms. The SMILES string of the molecule is O=[Si](O)O.[SrH2].[Zr]. The summed E-state index contributed by atoms with van der Waals surface area (Å²) >= 11 is 0. The predicted molar refractivity (Wildman–Crippen MR) is 19.4 cm³/mol. The Bertz CT molecular complexity index is 33.8. The van der Waals surface area contributed by atoms with Crippen molar-refractivity contribution in [1.82, 2.24) is 0 Å². The van der Waals surface area contributed by atoms with Gasteiger partial charge in [0, 0.05) is 26.2 Å². The zero-order chi connectivity index (χ0) is 3.58. The standard InChI is InChI=1S/H2O3Si.Sr.Zr.2H/c1-4(2)3;;;;/h1-2H;;;;. The third-order valence-corrected chi connectivity index (χ3v) is 0. The van der Waals surface area contributed by atoms with Gasteiger partial charge in [-0.25, -0.2) is 0 Å². The number of hydrogen-bond acceptors (Lipinski definition) is 1. The van der Waals surface area contributed by atoms with E-state index in [9.17, 15) is 0 Å². The Labute approximate surface area is 93.1 Å². The van der Waals surface area contributed by atoms with Gasteiger partial charge in [-0.1, -0.05) is 0 Å². The molecule has 0 saturated heterocycles. The van der Waals surface area contributed by atoms with E-state index in [-0.39, 0.29) is 71.7 Å². The molecule has 0 radical (unpaired) electrons. The minimum Gasteiger partial charge on any atom is 0 e. The largest absolute Gasteiger partial charge is 0 e. The fourth-order valence-electron chi connectivity index (χ4n) is 0. The third kappa shape index (κ3) is 37.8. The van der Waals surface area contributed by atoms with Crippen molar-refractivity contribution < 1.29 is 40.3 Å². The van der Waals surface area contributed by atoms with Crippen LogP contribution in [0.2, 0.25) is 0 Å². The maximum atomic E-state index is 8.74. The molecule has 3 nitrogen and oxygen atoms in total. The molecule has 0 rings (SSSR count). The van der Waals surface area contributed by atoms with Crippen LogP contribution in [0.3, 0.4) is 0 Å². The Morgan fingerprint density at radius 3 is 1.33 bits per heavy atom. The second-order valence-corrected chi connectivity index (χ2v) is 0.848. The van der Waals surface area contributed by atoms with Crippen LogP contribution in [0.25, 0.3) is 0 Å². The summed E-state index contributed by atoms with van der Waals surface area (Å²) in [6.07, 6.45) is 0. The molecule has 6 heteroatoms. The summed E-state index contributed by atoms with van der Waals surface area (Å²) in [4.78, 5) is 14.3. The molecule has 0 atom stereocenters. The average Bonchev–Trinajstić information content (AvgIpc) is 0.811. The van der Waals surface area contributed by atoms with E-state index < -0.39 is 9.17 Å². The first-order valence-corrected chi connectivity index (χ1v) is 1.95. The Balaban J connectivity index is -0.0000000450. The smallest absolute Gasteiger partial charge is 0 e. The van der Waals surface area contributed by atoms with Gasteiger partial charge in [0.1, 0.15) is 0 Å². The molecule has 6 heavy (non-hydrogen) atoms. The first-order valence-electron chi connectivity index (χ1n) is 0.651. The molecular weight excluding hydrogens is 255 g/mol. The topological polar surface area (TPSA) is 57.5 Å². The zero-order valence-electron chi connectivity index (χ0n) is 2.30. The van der Waals surface area contributed by atoms with Gasteiger partial charge in [0.2, 0.25) is 0 Å². The predicted octanol–water partition coefficient (Wildman–Crippen LogP) is -2.53. The van der Waals surface area contributed by atoms with Crippen molar-refractivity contribution in [3.05, 3.63) is 0 Å². The van der Waals surface area contributed by atoms with E-state index in [0.29, 0.717) is 0 Å². The van der Waals surface area contributed by atoms with Gasteiger partial charge in [-0.15, -0.1) is 0 Å². The number of hydrogen-bond donors (Lipinski definition) is 2. The van der Waals surface area contributed by atoms with Crippen LogP contribution in [0.5, 0.6) is 0 Å². The van der Waals surface area contributed by atoms with Gasteiger partial charge in [0.25, 0.3) is 0 Å². The second kappa shape index (κ2) is 10.1. The van der Waals surface area contributed by atoms with Crippen LogP contribution >= 0.6 is 0 Å². The molecule has 0 aromatic rings. The summed E-state index contributed by atoms with van der Waals surface area (Å²) in [6.45, 7) is 0. The Kier molecular flexibility index (Phi) is 26.3. The van der Waals surface area contributed by atoms with Crippen LogP contribution in [-0.4, -0.2) is 64.2 Å². The van der Waals surface area contributed by atoms with Crippen LogP contribution < -0.4 is 0 Å². The number of rotatable bonds is 0. The van der Waals surface area contributed by atoms with Crippen molar-refractivity contribution >= 4 is 54.7 Å². The van der Waals surface area contributed by atoms with Crippen molar-refractivity contribution in [2.75, 3.05) is 0 Å². The van der Waals surface area contributed by atoms with Crippen LogP contribution in [0.15, 0.2) is 0 Å². The fourth-order valence-corrected chi connectivity index (χ4v) is 0. The maximum Gasteiger partial charge on any atom is 0 e. The summed E-state index contributed by atoms with van der Waals surface area (Å²) in [7, 11) is -3.13. The second-order valence-electron chi connectivity index (χ2n) is 0.283. The van der Waals surface area contributed by atoms with Crippen LogP contribution in [-0.2, 0) is 30.7 Å². The molecule has 0 aliphatic heterocycles. The molecule has 0 aliphatic carbocycles. The van der Waals surface area contributed by atoms with Gasteiger partial charge in [-0.2, -0.15) is 0 Å². The van der Waals surface area contributed by atoms with Gasteiger partial charge >= 0.3 is 54.7 Å². The molecule has 0 aliphatic rings. The van der Waals surface area contributed by atoms with Crippen molar-refractivity contribution in [2.45, 2.75) is 0 Å². The molecule has 32 valence electrons. The molecule has 0 aromatic heterocycles. The summed E-state index contributed by atoms with van der Waals surface area (Å²) in [5.41, 5.74) is 0. The van der Waals surface area contributed by atoms with E-state index in [1.807, 2.05) is 0 Å². The molecule has 2 N–H and O–H groups in total. The zero-order valence-corrected chi connectivity index (χ0v) is 5.76. The van der Waals surface area contributed by atoms with E-state index in [0.717, 1.165) is 0 Å². The fraction of sp³-hybridized carbons (Fsp3) is 0. The quantitative estimate of drug-likeness (QED) is 0.471. The van der Waals surface area contributed by atoms with E-state index in [4.69, 9.17) is 14.1 Å². The van der Waals surface area contributed by atoms with Crippen LogP contribution in [0.4, 0.5) is 0 Å². The van der Waals surface area contributed by atoms with Gasteiger partial charge in [-0.3, -0.25) is 4.46 Å². The summed E-state index contributed by atoms with van der Waals surface area (Å²) in [6, 6.07) is 0. The van der Waals surface area contributed by atoms with Gasteiger partial charge in [0.15, 0.2) is 0 Å². The van der Waals surface area contributed by atoms with Crippen molar-refractivity contribution in [2.24, 2.45) is 0 Å². The molecule has 0 unspecified atom stereocenters. The molecule has 0 amide bonds. The summed E-state index contributed by atoms with van der Waals surface area (Å²) < 4.78 is 8.74. The Hall–Kier alpha value is 1.98. The minimum atomic E-state index is -3.13. The van der Waals surface area contributed by atoms with E-state index in [1.165, 1.54) is 0 Å². The Morgan fingerprint density at radius 2 is 1.33 bits per heavy atom. The monoisotopic (exact) mass is 258 g/mol. The molecule has 0 fully saturated rings. The van der Waals surface area contributed by atoms with Crippen LogP contribution in [0.1, 0.15) is 0 Å². The summed E-state index contributed by atoms with van der Waals surface area (Å²) in [5, 5.41) is 0. The summed E-state index contributed by atoms with van der Waals surface area (Å²) in [5.74, 6) is 0. The normalized spacial score (nSPS) is 4.00. The molecule has 0 saturated carbocycles. The van der Waals surface area contributed by atoms with Crippen molar-refractivity contribution in [3.8, 4) is 0 Å². The Morgan fingerprint density at radius 1 is 1.33 bits per heavy atom. The molecular formula is H4O3SiSrZr. The van der Waals surface area contributed by atoms with Crippen molar-refractivity contribution in [1.29, 1.82) is 0 Å². The van der Waals surface area contributed by atoms with Gasteiger partial charge in [0.05, 0.1) is 0 Å². The van der Waals surface area contributed by atoms with E-state index in [2.05, 4.69) is 0 Å². The molecule has 0 bridgehead atoms. The maximum absolute atomic E-state index is 8.74. The molecule has 0 aromatic carbocycles. The van der Waals surface area contributed by atoms with Crippen molar-refractivity contribution in [3.63, 3.8) is 0 Å². The molecule has 0 heterocycles.